The molecule has 0 aliphatic carbocycles. The Balaban J connectivity index is 1.85. The Morgan fingerprint density at radius 1 is 1.04 bits per heavy atom. The van der Waals surface area contributed by atoms with Crippen molar-refractivity contribution in [3.05, 3.63) is 66.4 Å². The summed E-state index contributed by atoms with van der Waals surface area (Å²) in [7, 11) is 0. The van der Waals surface area contributed by atoms with Crippen LogP contribution < -0.4 is 14.8 Å². The fraction of sp³-hybridized carbons (Fsp3) is 0.250. The summed E-state index contributed by atoms with van der Waals surface area (Å²) in [4.78, 5) is 12.1. The summed E-state index contributed by atoms with van der Waals surface area (Å²) in [6.07, 6.45) is 0.0589. The minimum Gasteiger partial charge on any atom is -0.494 e. The molecule has 0 heterocycles. The van der Waals surface area contributed by atoms with Crippen molar-refractivity contribution in [2.45, 2.75) is 26.1 Å². The van der Waals surface area contributed by atoms with Gasteiger partial charge in [-0.25, -0.2) is 0 Å². The van der Waals surface area contributed by atoms with Crippen molar-refractivity contribution in [3.8, 4) is 11.5 Å². The molecule has 0 fully saturated rings. The van der Waals surface area contributed by atoms with Gasteiger partial charge in [-0.1, -0.05) is 13.3 Å². The van der Waals surface area contributed by atoms with Gasteiger partial charge in [-0.3, -0.25) is 4.79 Å². The lowest BCUT2D eigenvalue weighted by atomic mass is 10.1. The maximum Gasteiger partial charge on any atom is 0.573 e. The molecule has 0 saturated heterocycles. The zero-order valence-electron chi connectivity index (χ0n) is 14.8. The van der Waals surface area contributed by atoms with E-state index in [2.05, 4.69) is 17.0 Å². The van der Waals surface area contributed by atoms with Crippen LogP contribution in [0.1, 0.15) is 30.1 Å². The molecule has 0 atom stereocenters. The highest BCUT2D eigenvalue weighted by Crippen LogP contribution is 2.24. The molecule has 7 heteroatoms. The molecule has 144 valence electrons. The minimum atomic E-state index is -4.72. The zero-order chi connectivity index (χ0) is 19.7. The van der Waals surface area contributed by atoms with E-state index in [9.17, 15) is 18.0 Å². The molecule has 27 heavy (non-hydrogen) atoms. The maximum absolute atomic E-state index is 12.1. The fourth-order valence-electron chi connectivity index (χ4n) is 2.11. The molecule has 2 rings (SSSR count). The van der Waals surface area contributed by atoms with Crippen molar-refractivity contribution >= 4 is 11.5 Å². The first-order valence-corrected chi connectivity index (χ1v) is 8.43. The van der Waals surface area contributed by atoms with E-state index in [0.29, 0.717) is 23.6 Å². The lowest BCUT2D eigenvalue weighted by molar-refractivity contribution is -0.274. The minimum absolute atomic E-state index is 0.209. The molecule has 0 amide bonds. The van der Waals surface area contributed by atoms with Crippen LogP contribution in [0.25, 0.3) is 0 Å². The van der Waals surface area contributed by atoms with E-state index in [1.54, 1.807) is 24.3 Å². The van der Waals surface area contributed by atoms with Crippen LogP contribution in [0.5, 0.6) is 11.5 Å². The van der Waals surface area contributed by atoms with E-state index in [1.807, 2.05) is 0 Å². The van der Waals surface area contributed by atoms with Crippen LogP contribution in [-0.4, -0.2) is 18.8 Å². The van der Waals surface area contributed by atoms with Crippen LogP contribution >= 0.6 is 0 Å². The molecule has 0 spiro atoms. The van der Waals surface area contributed by atoms with Crippen molar-refractivity contribution in [2.24, 2.45) is 0 Å². The van der Waals surface area contributed by atoms with E-state index < -0.39 is 6.36 Å². The Labute approximate surface area is 155 Å². The average molecular weight is 379 g/mol. The molecule has 2 aromatic carbocycles. The van der Waals surface area contributed by atoms with Gasteiger partial charge in [0.2, 0.25) is 0 Å². The van der Waals surface area contributed by atoms with Crippen molar-refractivity contribution in [3.63, 3.8) is 0 Å². The highest BCUT2D eigenvalue weighted by molar-refractivity contribution is 6.04. The predicted molar refractivity (Wildman–Crippen MR) is 97.1 cm³/mol. The molecule has 2 aromatic rings. The summed E-state index contributed by atoms with van der Waals surface area (Å²) in [5.41, 5.74) is 1.03. The van der Waals surface area contributed by atoms with Crippen LogP contribution in [-0.2, 0) is 0 Å². The maximum atomic E-state index is 12.1. The third-order valence-electron chi connectivity index (χ3n) is 3.48. The van der Waals surface area contributed by atoms with E-state index in [0.717, 1.165) is 12.8 Å². The van der Waals surface area contributed by atoms with Crippen molar-refractivity contribution in [2.75, 3.05) is 11.9 Å². The number of ketones is 1. The molecule has 0 bridgehead atoms. The van der Waals surface area contributed by atoms with Gasteiger partial charge in [-0.15, -0.1) is 13.2 Å². The fourth-order valence-corrected chi connectivity index (χ4v) is 2.11. The third-order valence-corrected chi connectivity index (χ3v) is 3.48. The second-order valence-corrected chi connectivity index (χ2v) is 5.64. The normalized spacial score (nSPS) is 11.4. The first-order chi connectivity index (χ1) is 12.9. The summed E-state index contributed by atoms with van der Waals surface area (Å²) in [5, 5.41) is 2.82. The van der Waals surface area contributed by atoms with Crippen LogP contribution in [0, 0.1) is 0 Å². The van der Waals surface area contributed by atoms with Gasteiger partial charge in [0, 0.05) is 23.5 Å². The number of nitrogens with one attached hydrogen (secondary N) is 1. The molecule has 0 aliphatic rings. The number of anilines is 1. The molecule has 0 saturated carbocycles. The SMILES string of the molecule is CCCCOc1ccc(C(=O)/C=C/Nc2ccc(OC(F)(F)F)cc2)cc1. The van der Waals surface area contributed by atoms with Crippen molar-refractivity contribution in [1.82, 2.24) is 0 Å². The van der Waals surface area contributed by atoms with Gasteiger partial charge in [0.1, 0.15) is 11.5 Å². The van der Waals surface area contributed by atoms with Crippen molar-refractivity contribution in [1.29, 1.82) is 0 Å². The van der Waals surface area contributed by atoms with E-state index in [1.165, 1.54) is 36.5 Å². The number of hydrogen-bond donors (Lipinski definition) is 1. The van der Waals surface area contributed by atoms with Gasteiger partial charge in [-0.05, 0) is 55.0 Å². The smallest absolute Gasteiger partial charge is 0.494 e. The van der Waals surface area contributed by atoms with Gasteiger partial charge >= 0.3 is 6.36 Å². The van der Waals surface area contributed by atoms with Crippen molar-refractivity contribution < 1.29 is 27.4 Å². The molecule has 1 N–H and O–H groups in total. The molecular weight excluding hydrogens is 359 g/mol. The van der Waals surface area contributed by atoms with Gasteiger partial charge in [0.25, 0.3) is 0 Å². The number of rotatable bonds is 9. The second-order valence-electron chi connectivity index (χ2n) is 5.64. The average Bonchev–Trinajstić information content (AvgIpc) is 2.63. The van der Waals surface area contributed by atoms with Crippen LogP contribution in [0.15, 0.2) is 60.8 Å². The number of unbranched alkanes of at least 4 members (excludes halogenated alkanes) is 1. The number of benzene rings is 2. The number of allylic oxidation sites excluding steroid dienone is 1. The molecule has 0 radical (unpaired) electrons. The van der Waals surface area contributed by atoms with Gasteiger partial charge in [-0.2, -0.15) is 0 Å². The lowest BCUT2D eigenvalue weighted by Crippen LogP contribution is -2.16. The van der Waals surface area contributed by atoms with E-state index >= 15 is 0 Å². The largest absolute Gasteiger partial charge is 0.573 e. The summed E-state index contributed by atoms with van der Waals surface area (Å²) in [6, 6.07) is 12.0. The Hall–Kier alpha value is -2.96. The Bertz CT molecular complexity index is 754. The standard InChI is InChI=1S/C20H20F3NO3/c1-2-3-14-26-17-8-4-15(5-9-17)19(25)12-13-24-16-6-10-18(11-7-16)27-20(21,22)23/h4-13,24H,2-3,14H2,1H3/b13-12+. The zero-order valence-corrected chi connectivity index (χ0v) is 14.8. The van der Waals surface area contributed by atoms with Gasteiger partial charge in [0.05, 0.1) is 6.61 Å². The predicted octanol–water partition coefficient (Wildman–Crippen LogP) is 5.57. The lowest BCUT2D eigenvalue weighted by Gasteiger charge is -2.09. The first kappa shape index (κ1) is 20.4. The van der Waals surface area contributed by atoms with E-state index in [4.69, 9.17) is 4.74 Å². The van der Waals surface area contributed by atoms with Gasteiger partial charge < -0.3 is 14.8 Å². The topological polar surface area (TPSA) is 47.6 Å². The number of halogens is 3. The number of carbonyl (C=O) groups is 1. The van der Waals surface area contributed by atoms with Crippen LogP contribution in [0.2, 0.25) is 0 Å². The highest BCUT2D eigenvalue weighted by atomic mass is 19.4. The monoisotopic (exact) mass is 379 g/mol. The number of alkyl halides is 3. The summed E-state index contributed by atoms with van der Waals surface area (Å²) >= 11 is 0. The Morgan fingerprint density at radius 2 is 1.67 bits per heavy atom. The molecule has 0 aliphatic heterocycles. The van der Waals surface area contributed by atoms with Crippen LogP contribution in [0.4, 0.5) is 18.9 Å². The summed E-state index contributed by atoms with van der Waals surface area (Å²) in [5.74, 6) is 0.192. The summed E-state index contributed by atoms with van der Waals surface area (Å²) in [6.45, 7) is 2.72. The Morgan fingerprint density at radius 3 is 2.26 bits per heavy atom. The van der Waals surface area contributed by atoms with E-state index in [-0.39, 0.29) is 11.5 Å². The summed E-state index contributed by atoms with van der Waals surface area (Å²) < 4.78 is 45.6. The van der Waals surface area contributed by atoms with Crippen LogP contribution in [0.3, 0.4) is 0 Å². The molecule has 0 aromatic heterocycles. The second kappa shape index (κ2) is 9.66. The number of ether oxygens (including phenoxy) is 2. The molecular formula is C20H20F3NO3. The number of hydrogen-bond acceptors (Lipinski definition) is 4. The Kier molecular flexibility index (Phi) is 7.28. The van der Waals surface area contributed by atoms with Gasteiger partial charge in [0.15, 0.2) is 5.78 Å². The first-order valence-electron chi connectivity index (χ1n) is 8.43. The molecule has 4 nitrogen and oxygen atoms in total. The highest BCUT2D eigenvalue weighted by Gasteiger charge is 2.30. The quantitative estimate of drug-likeness (QED) is 0.351. The molecule has 0 unspecified atom stereocenters. The number of carbonyl (C=O) groups excluding carboxylic acids is 1. The third kappa shape index (κ3) is 7.43.